The topological polar surface area (TPSA) is 90.1 Å². The number of amides is 1. The van der Waals surface area contributed by atoms with Crippen LogP contribution in [0.5, 0.6) is 5.75 Å². The maximum absolute atomic E-state index is 12.5. The highest BCUT2D eigenvalue weighted by atomic mass is 32.1. The molecule has 1 aromatic carbocycles. The lowest BCUT2D eigenvalue weighted by molar-refractivity contribution is -0.0498. The van der Waals surface area contributed by atoms with E-state index in [2.05, 4.69) is 20.3 Å². The zero-order chi connectivity index (χ0) is 18.1. The Morgan fingerprint density at radius 1 is 1.24 bits per heavy atom. The molecule has 1 amide bonds. The number of carbonyl (C=O) groups excluding carboxylic acids is 1. The molecule has 0 fully saturated rings. The number of nitrogens with two attached hydrogens (primary N) is 1. The Morgan fingerprint density at radius 3 is 2.56 bits per heavy atom. The summed E-state index contributed by atoms with van der Waals surface area (Å²) in [4.78, 5) is 13.4. The minimum Gasteiger partial charge on any atom is -0.435 e. The van der Waals surface area contributed by atoms with Crippen molar-refractivity contribution in [2.24, 2.45) is 0 Å². The molecule has 0 radical (unpaired) electrons. The van der Waals surface area contributed by atoms with Crippen molar-refractivity contribution >= 4 is 38.8 Å². The van der Waals surface area contributed by atoms with Crippen LogP contribution in [0.25, 0.3) is 10.2 Å². The molecule has 9 heteroatoms. The van der Waals surface area contributed by atoms with Crippen LogP contribution < -0.4 is 15.8 Å². The molecule has 0 unspecified atom stereocenters. The molecule has 0 aliphatic rings. The first-order valence-electron chi connectivity index (χ1n) is 7.25. The number of aromatic nitrogens is 2. The van der Waals surface area contributed by atoms with E-state index in [1.54, 1.807) is 0 Å². The summed E-state index contributed by atoms with van der Waals surface area (Å²) >= 11 is 1.15. The smallest absolute Gasteiger partial charge is 0.387 e. The van der Waals surface area contributed by atoms with Gasteiger partial charge in [0.25, 0.3) is 5.91 Å². The number of hydrogen-bond donors (Lipinski definition) is 2. The fourth-order valence-corrected chi connectivity index (χ4v) is 3.31. The van der Waals surface area contributed by atoms with Gasteiger partial charge in [-0.05, 0) is 43.7 Å². The van der Waals surface area contributed by atoms with E-state index >= 15 is 0 Å². The third-order valence-corrected chi connectivity index (χ3v) is 4.77. The van der Waals surface area contributed by atoms with Gasteiger partial charge < -0.3 is 15.8 Å². The second-order valence-corrected chi connectivity index (χ2v) is 6.29. The summed E-state index contributed by atoms with van der Waals surface area (Å²) in [7, 11) is 0. The number of hydrogen-bond acceptors (Lipinski definition) is 6. The molecule has 3 rings (SSSR count). The van der Waals surface area contributed by atoms with E-state index < -0.39 is 12.5 Å². The molecule has 0 saturated heterocycles. The van der Waals surface area contributed by atoms with Crippen LogP contribution in [0.3, 0.4) is 0 Å². The molecule has 0 atom stereocenters. The SMILES string of the molecule is Cc1nnc2sc(C(=O)Nc3ccc(OC(F)F)cc3)c(N)c2c1C. The number of halogens is 2. The fraction of sp³-hybridized carbons (Fsp3) is 0.188. The van der Waals surface area contributed by atoms with Gasteiger partial charge in [-0.2, -0.15) is 13.9 Å². The first kappa shape index (κ1) is 17.0. The van der Waals surface area contributed by atoms with Gasteiger partial charge in [0.1, 0.15) is 15.5 Å². The summed E-state index contributed by atoms with van der Waals surface area (Å²) in [5.41, 5.74) is 8.54. The van der Waals surface area contributed by atoms with Crippen LogP contribution >= 0.6 is 11.3 Å². The molecule has 2 aromatic heterocycles. The second kappa shape index (κ2) is 6.60. The van der Waals surface area contributed by atoms with Crippen LogP contribution in [0, 0.1) is 13.8 Å². The van der Waals surface area contributed by atoms with Gasteiger partial charge in [-0.25, -0.2) is 0 Å². The van der Waals surface area contributed by atoms with E-state index in [0.717, 1.165) is 28.0 Å². The Hall–Kier alpha value is -2.81. The Balaban J connectivity index is 1.85. The minimum absolute atomic E-state index is 0.00995. The third-order valence-electron chi connectivity index (χ3n) is 3.68. The van der Waals surface area contributed by atoms with Crippen molar-refractivity contribution in [3.8, 4) is 5.75 Å². The predicted octanol–water partition coefficient (Wildman–Crippen LogP) is 3.74. The maximum atomic E-state index is 12.5. The van der Waals surface area contributed by atoms with Crippen LogP contribution in [0.15, 0.2) is 24.3 Å². The molecule has 3 N–H and O–H groups in total. The molecule has 25 heavy (non-hydrogen) atoms. The van der Waals surface area contributed by atoms with E-state index in [4.69, 9.17) is 5.73 Å². The molecular formula is C16H14F2N4O2S. The highest BCUT2D eigenvalue weighted by Crippen LogP contribution is 2.35. The molecule has 0 saturated carbocycles. The first-order chi connectivity index (χ1) is 11.9. The van der Waals surface area contributed by atoms with Gasteiger partial charge in [-0.15, -0.1) is 16.4 Å². The van der Waals surface area contributed by atoms with E-state index in [-0.39, 0.29) is 5.75 Å². The molecule has 130 valence electrons. The summed E-state index contributed by atoms with van der Waals surface area (Å²) in [6, 6.07) is 5.62. The van der Waals surface area contributed by atoms with Gasteiger partial charge in [-0.1, -0.05) is 0 Å². The number of nitrogens with one attached hydrogen (secondary N) is 1. The monoisotopic (exact) mass is 364 g/mol. The van der Waals surface area contributed by atoms with E-state index in [1.165, 1.54) is 24.3 Å². The standard InChI is InChI=1S/C16H14F2N4O2S/c1-7-8(2)21-22-15-11(7)12(19)13(25-15)14(23)20-9-3-5-10(6-4-9)24-16(17)18/h3-6,16H,19H2,1-2H3,(H,20,23). The molecule has 2 heterocycles. The quantitative estimate of drug-likeness (QED) is 0.736. The van der Waals surface area contributed by atoms with Crippen LogP contribution in [-0.2, 0) is 0 Å². The van der Waals surface area contributed by atoms with E-state index in [0.29, 0.717) is 21.1 Å². The third kappa shape index (κ3) is 3.36. The Morgan fingerprint density at radius 2 is 1.92 bits per heavy atom. The van der Waals surface area contributed by atoms with Crippen molar-refractivity contribution in [3.63, 3.8) is 0 Å². The Labute approximate surface area is 145 Å². The summed E-state index contributed by atoms with van der Waals surface area (Å²) in [5.74, 6) is -0.393. The number of nitrogens with zero attached hydrogens (tertiary/aromatic N) is 2. The van der Waals surface area contributed by atoms with Crippen molar-refractivity contribution < 1.29 is 18.3 Å². The average Bonchev–Trinajstić information content (AvgIpc) is 2.90. The van der Waals surface area contributed by atoms with E-state index in [1.807, 2.05) is 13.8 Å². The zero-order valence-corrected chi connectivity index (χ0v) is 14.2. The summed E-state index contributed by atoms with van der Waals surface area (Å²) in [6.45, 7) is 0.798. The summed E-state index contributed by atoms with van der Waals surface area (Å²) in [6.07, 6.45) is 0. The largest absolute Gasteiger partial charge is 0.435 e. The van der Waals surface area contributed by atoms with Gasteiger partial charge in [0.2, 0.25) is 0 Å². The number of aryl methyl sites for hydroxylation is 2. The first-order valence-corrected chi connectivity index (χ1v) is 8.06. The Bertz CT molecular complexity index is 941. The molecule has 0 aliphatic carbocycles. The van der Waals surface area contributed by atoms with Crippen LogP contribution in [-0.4, -0.2) is 22.7 Å². The van der Waals surface area contributed by atoms with Gasteiger partial charge in [0, 0.05) is 11.1 Å². The van der Waals surface area contributed by atoms with Crippen LogP contribution in [0.1, 0.15) is 20.9 Å². The van der Waals surface area contributed by atoms with Gasteiger partial charge in [-0.3, -0.25) is 4.79 Å². The molecular weight excluding hydrogens is 350 g/mol. The molecule has 6 nitrogen and oxygen atoms in total. The number of alkyl halides is 2. The van der Waals surface area contributed by atoms with Crippen LogP contribution in [0.2, 0.25) is 0 Å². The summed E-state index contributed by atoms with van der Waals surface area (Å²) in [5, 5.41) is 11.5. The number of fused-ring (bicyclic) bond motifs is 1. The second-order valence-electron chi connectivity index (χ2n) is 5.29. The van der Waals surface area contributed by atoms with Crippen molar-refractivity contribution in [2.75, 3.05) is 11.1 Å². The van der Waals surface area contributed by atoms with Crippen molar-refractivity contribution in [3.05, 3.63) is 40.4 Å². The highest BCUT2D eigenvalue weighted by molar-refractivity contribution is 7.21. The number of rotatable bonds is 4. The van der Waals surface area contributed by atoms with Gasteiger partial charge >= 0.3 is 6.61 Å². The fourth-order valence-electron chi connectivity index (χ4n) is 2.32. The average molecular weight is 364 g/mol. The number of ether oxygens (including phenoxy) is 1. The minimum atomic E-state index is -2.90. The number of nitrogen functional groups attached to an aromatic ring is 1. The Kier molecular flexibility index (Phi) is 4.49. The molecule has 3 aromatic rings. The van der Waals surface area contributed by atoms with Crippen molar-refractivity contribution in [2.45, 2.75) is 20.5 Å². The number of benzene rings is 1. The number of carbonyl (C=O) groups is 1. The summed E-state index contributed by atoms with van der Waals surface area (Å²) < 4.78 is 28.6. The normalized spacial score (nSPS) is 11.1. The van der Waals surface area contributed by atoms with Crippen molar-refractivity contribution in [1.82, 2.24) is 10.2 Å². The lowest BCUT2D eigenvalue weighted by atomic mass is 10.1. The molecule has 0 spiro atoms. The maximum Gasteiger partial charge on any atom is 0.387 e. The van der Waals surface area contributed by atoms with Crippen molar-refractivity contribution in [1.29, 1.82) is 0 Å². The molecule has 0 aliphatic heterocycles. The number of anilines is 2. The van der Waals surface area contributed by atoms with E-state index in [9.17, 15) is 13.6 Å². The lowest BCUT2D eigenvalue weighted by Gasteiger charge is -2.07. The predicted molar refractivity (Wildman–Crippen MR) is 92.3 cm³/mol. The van der Waals surface area contributed by atoms with Gasteiger partial charge in [0.05, 0.1) is 11.4 Å². The lowest BCUT2D eigenvalue weighted by Crippen LogP contribution is -2.12. The highest BCUT2D eigenvalue weighted by Gasteiger charge is 2.20. The van der Waals surface area contributed by atoms with Crippen LogP contribution in [0.4, 0.5) is 20.2 Å². The number of thiophene rings is 1. The molecule has 0 bridgehead atoms. The zero-order valence-electron chi connectivity index (χ0n) is 13.3. The van der Waals surface area contributed by atoms with Gasteiger partial charge in [0.15, 0.2) is 0 Å².